The van der Waals surface area contributed by atoms with Gasteiger partial charge in [0.15, 0.2) is 0 Å². The standard InChI is InChI=1S/C30H32BrN3O2/c1-3-24-10-11-34(24)17-27-25-7-5-8-26(25)29(36-19-23-6-4-9-28(31)20(23)2)13-30(27)35-18-22-12-21(14-32)15-33-16-22/h4,6,9,12-13,15-16,24H,3,5,7-8,10-11,17-19H2,1-2H3. The van der Waals surface area contributed by atoms with Crippen LogP contribution in [0.4, 0.5) is 0 Å². The maximum atomic E-state index is 9.25. The fraction of sp³-hybridized carbons (Fsp3) is 0.400. The van der Waals surface area contributed by atoms with E-state index < -0.39 is 0 Å². The minimum Gasteiger partial charge on any atom is -0.488 e. The second-order valence-electron chi connectivity index (χ2n) is 9.78. The van der Waals surface area contributed by atoms with E-state index in [9.17, 15) is 5.26 Å². The van der Waals surface area contributed by atoms with Gasteiger partial charge in [-0.3, -0.25) is 9.88 Å². The van der Waals surface area contributed by atoms with Crippen LogP contribution in [0.5, 0.6) is 11.5 Å². The molecule has 0 N–H and O–H groups in total. The molecular formula is C30H32BrN3O2. The first-order valence-electron chi connectivity index (χ1n) is 12.8. The molecule has 186 valence electrons. The Morgan fingerprint density at radius 1 is 1.11 bits per heavy atom. The molecule has 1 aliphatic heterocycles. The summed E-state index contributed by atoms with van der Waals surface area (Å²) in [5.74, 6) is 1.82. The summed E-state index contributed by atoms with van der Waals surface area (Å²) in [5.41, 5.74) is 7.86. The molecule has 2 heterocycles. The lowest BCUT2D eigenvalue weighted by atomic mass is 9.95. The lowest BCUT2D eigenvalue weighted by molar-refractivity contribution is 0.0774. The third kappa shape index (κ3) is 5.14. The normalized spacial score (nSPS) is 16.8. The number of likely N-dealkylation sites (tertiary alicyclic amines) is 1. The van der Waals surface area contributed by atoms with E-state index in [1.807, 2.05) is 6.07 Å². The maximum Gasteiger partial charge on any atom is 0.128 e. The van der Waals surface area contributed by atoms with E-state index in [1.54, 1.807) is 12.4 Å². The molecule has 5 nitrogen and oxygen atoms in total. The number of ether oxygens (including phenoxy) is 2. The van der Waals surface area contributed by atoms with Crippen molar-refractivity contribution in [1.82, 2.24) is 9.88 Å². The van der Waals surface area contributed by atoms with Gasteiger partial charge >= 0.3 is 0 Å². The van der Waals surface area contributed by atoms with Gasteiger partial charge in [-0.15, -0.1) is 0 Å². The van der Waals surface area contributed by atoms with Gasteiger partial charge in [0, 0.05) is 53.2 Å². The monoisotopic (exact) mass is 545 g/mol. The van der Waals surface area contributed by atoms with Crippen LogP contribution in [0.2, 0.25) is 0 Å². The number of nitrogens with zero attached hydrogens (tertiary/aromatic N) is 3. The molecule has 0 saturated carbocycles. The number of hydrogen-bond acceptors (Lipinski definition) is 5. The molecule has 1 unspecified atom stereocenters. The molecule has 2 aliphatic rings. The third-order valence-corrected chi connectivity index (χ3v) is 8.48. The minimum atomic E-state index is 0.371. The van der Waals surface area contributed by atoms with Crippen LogP contribution in [0.15, 0.2) is 47.2 Å². The molecule has 2 aromatic carbocycles. The van der Waals surface area contributed by atoms with Gasteiger partial charge in [0.05, 0.1) is 5.56 Å². The zero-order valence-electron chi connectivity index (χ0n) is 21.0. The van der Waals surface area contributed by atoms with E-state index in [1.165, 1.54) is 40.7 Å². The lowest BCUT2D eigenvalue weighted by Gasteiger charge is -2.41. The first-order chi connectivity index (χ1) is 17.6. The Balaban J connectivity index is 1.46. The van der Waals surface area contributed by atoms with Crippen molar-refractivity contribution in [1.29, 1.82) is 5.26 Å². The Morgan fingerprint density at radius 3 is 2.72 bits per heavy atom. The number of halogens is 1. The van der Waals surface area contributed by atoms with Gasteiger partial charge in [-0.2, -0.15) is 5.26 Å². The van der Waals surface area contributed by atoms with Crippen molar-refractivity contribution in [3.8, 4) is 17.6 Å². The lowest BCUT2D eigenvalue weighted by Crippen LogP contribution is -2.46. The van der Waals surface area contributed by atoms with Crippen LogP contribution in [-0.2, 0) is 32.6 Å². The Kier molecular flexibility index (Phi) is 7.59. The molecular weight excluding hydrogens is 514 g/mol. The van der Waals surface area contributed by atoms with Crippen molar-refractivity contribution in [3.63, 3.8) is 0 Å². The summed E-state index contributed by atoms with van der Waals surface area (Å²) in [7, 11) is 0. The van der Waals surface area contributed by atoms with E-state index in [2.05, 4.69) is 70.0 Å². The van der Waals surface area contributed by atoms with Crippen LogP contribution in [0.25, 0.3) is 0 Å². The smallest absolute Gasteiger partial charge is 0.128 e. The van der Waals surface area contributed by atoms with Gasteiger partial charge in [0.25, 0.3) is 0 Å². The van der Waals surface area contributed by atoms with Gasteiger partial charge in [0.2, 0.25) is 0 Å². The summed E-state index contributed by atoms with van der Waals surface area (Å²) in [6.45, 7) is 7.34. The van der Waals surface area contributed by atoms with Gasteiger partial charge in [-0.05, 0) is 73.4 Å². The molecule has 1 aromatic heterocycles. The first-order valence-corrected chi connectivity index (χ1v) is 13.6. The highest BCUT2D eigenvalue weighted by Gasteiger charge is 2.30. The molecule has 1 fully saturated rings. The molecule has 0 amide bonds. The summed E-state index contributed by atoms with van der Waals surface area (Å²) < 4.78 is 14.0. The summed E-state index contributed by atoms with van der Waals surface area (Å²) in [6, 6.07) is 13.0. The number of pyridine rings is 1. The molecule has 36 heavy (non-hydrogen) atoms. The zero-order valence-corrected chi connectivity index (χ0v) is 22.6. The number of rotatable bonds is 9. The van der Waals surface area contributed by atoms with Gasteiger partial charge in [0.1, 0.15) is 30.8 Å². The highest BCUT2D eigenvalue weighted by atomic mass is 79.9. The average molecular weight is 547 g/mol. The van der Waals surface area contributed by atoms with Gasteiger partial charge in [-0.25, -0.2) is 0 Å². The van der Waals surface area contributed by atoms with Crippen molar-refractivity contribution < 1.29 is 9.47 Å². The number of fused-ring (bicyclic) bond motifs is 1. The topological polar surface area (TPSA) is 58.4 Å². The van der Waals surface area contributed by atoms with Crippen LogP contribution >= 0.6 is 15.9 Å². The van der Waals surface area contributed by atoms with Crippen molar-refractivity contribution >= 4 is 15.9 Å². The summed E-state index contributed by atoms with van der Waals surface area (Å²) in [5, 5.41) is 9.25. The van der Waals surface area contributed by atoms with Crippen LogP contribution in [0.1, 0.15) is 65.1 Å². The Labute approximate surface area is 222 Å². The summed E-state index contributed by atoms with van der Waals surface area (Å²) in [6.07, 6.45) is 9.04. The van der Waals surface area contributed by atoms with Crippen LogP contribution in [-0.4, -0.2) is 22.5 Å². The van der Waals surface area contributed by atoms with Crippen molar-refractivity contribution in [2.45, 2.75) is 71.8 Å². The molecule has 1 saturated heterocycles. The molecule has 3 aromatic rings. The third-order valence-electron chi connectivity index (χ3n) is 7.62. The predicted molar refractivity (Wildman–Crippen MR) is 144 cm³/mol. The highest BCUT2D eigenvalue weighted by molar-refractivity contribution is 9.10. The van der Waals surface area contributed by atoms with Gasteiger partial charge < -0.3 is 9.47 Å². The predicted octanol–water partition coefficient (Wildman–Crippen LogP) is 6.66. The maximum absolute atomic E-state index is 9.25. The minimum absolute atomic E-state index is 0.371. The van der Waals surface area contributed by atoms with Crippen molar-refractivity contribution in [2.75, 3.05) is 6.54 Å². The highest BCUT2D eigenvalue weighted by Crippen LogP contribution is 2.41. The molecule has 0 bridgehead atoms. The van der Waals surface area contributed by atoms with E-state index in [0.29, 0.717) is 24.8 Å². The molecule has 6 heteroatoms. The van der Waals surface area contributed by atoms with E-state index >= 15 is 0 Å². The van der Waals surface area contributed by atoms with E-state index in [0.717, 1.165) is 53.9 Å². The SMILES string of the molecule is CCC1CCN1Cc1c(OCc2cncc(C#N)c2)cc(OCc2cccc(Br)c2C)c2c1CCC2. The Morgan fingerprint density at radius 2 is 1.94 bits per heavy atom. The number of nitriles is 1. The van der Waals surface area contributed by atoms with E-state index in [-0.39, 0.29) is 0 Å². The zero-order chi connectivity index (χ0) is 25.1. The largest absolute Gasteiger partial charge is 0.488 e. The fourth-order valence-electron chi connectivity index (χ4n) is 5.34. The first kappa shape index (κ1) is 24.8. The molecule has 0 radical (unpaired) electrons. The second-order valence-corrected chi connectivity index (χ2v) is 10.6. The van der Waals surface area contributed by atoms with Gasteiger partial charge in [-0.1, -0.05) is 35.0 Å². The number of aromatic nitrogens is 1. The molecule has 1 aliphatic carbocycles. The van der Waals surface area contributed by atoms with E-state index in [4.69, 9.17) is 9.47 Å². The fourth-order valence-corrected chi connectivity index (χ4v) is 5.75. The molecule has 1 atom stereocenters. The van der Waals surface area contributed by atoms with Crippen LogP contribution < -0.4 is 9.47 Å². The molecule has 5 rings (SSSR count). The molecule has 0 spiro atoms. The summed E-state index contributed by atoms with van der Waals surface area (Å²) in [4.78, 5) is 6.77. The Bertz CT molecular complexity index is 1300. The van der Waals surface area contributed by atoms with Crippen molar-refractivity contribution in [2.24, 2.45) is 0 Å². The summed E-state index contributed by atoms with van der Waals surface area (Å²) >= 11 is 3.64. The van der Waals surface area contributed by atoms with Crippen LogP contribution in [0, 0.1) is 18.3 Å². The van der Waals surface area contributed by atoms with Crippen molar-refractivity contribution in [3.05, 3.63) is 86.1 Å². The average Bonchev–Trinajstić information content (AvgIpc) is 3.37. The second kappa shape index (κ2) is 11.0. The van der Waals surface area contributed by atoms with Crippen LogP contribution in [0.3, 0.4) is 0 Å². The quantitative estimate of drug-likeness (QED) is 0.301. The number of benzene rings is 2. The number of hydrogen-bond donors (Lipinski definition) is 0. The Hall–Kier alpha value is -2.88.